The molecule has 1 aliphatic heterocycles. The molecule has 0 spiro atoms. The zero-order valence-corrected chi connectivity index (χ0v) is 18.3. The van der Waals surface area contributed by atoms with Crippen LogP contribution in [0.4, 0.5) is 5.69 Å². The molecule has 158 valence electrons. The van der Waals surface area contributed by atoms with Crippen LogP contribution in [0.25, 0.3) is 0 Å². The molecule has 0 saturated carbocycles. The average Bonchev–Trinajstić information content (AvgIpc) is 2.65. The van der Waals surface area contributed by atoms with Crippen molar-refractivity contribution in [2.24, 2.45) is 5.92 Å². The van der Waals surface area contributed by atoms with Gasteiger partial charge in [-0.05, 0) is 43.9 Å². The van der Waals surface area contributed by atoms with Crippen molar-refractivity contribution in [1.82, 2.24) is 4.31 Å². The number of carbonyl (C=O) groups excluding carboxylic acids is 1. The number of ether oxygens (including phenoxy) is 1. The van der Waals surface area contributed by atoms with Crippen molar-refractivity contribution in [3.05, 3.63) is 18.2 Å². The number of quaternary nitrogens is 1. The summed E-state index contributed by atoms with van der Waals surface area (Å²) in [6.45, 7) is 11.2. The van der Waals surface area contributed by atoms with Crippen LogP contribution >= 0.6 is 0 Å². The summed E-state index contributed by atoms with van der Waals surface area (Å²) >= 11 is 0. The van der Waals surface area contributed by atoms with E-state index in [9.17, 15) is 13.2 Å². The van der Waals surface area contributed by atoms with Gasteiger partial charge in [-0.2, -0.15) is 4.31 Å². The number of benzene rings is 1. The minimum absolute atomic E-state index is 0.0926. The second-order valence-electron chi connectivity index (χ2n) is 7.34. The molecule has 1 amide bonds. The van der Waals surface area contributed by atoms with E-state index in [2.05, 4.69) is 12.2 Å². The number of hydrogen-bond donors (Lipinski definition) is 2. The van der Waals surface area contributed by atoms with Crippen molar-refractivity contribution in [2.45, 2.75) is 45.4 Å². The number of rotatable bonds is 9. The molecule has 1 fully saturated rings. The van der Waals surface area contributed by atoms with Gasteiger partial charge in [0, 0.05) is 18.8 Å². The van der Waals surface area contributed by atoms with Gasteiger partial charge in [-0.3, -0.25) is 4.79 Å². The molecule has 0 unspecified atom stereocenters. The van der Waals surface area contributed by atoms with Gasteiger partial charge in [0.15, 0.2) is 6.54 Å². The summed E-state index contributed by atoms with van der Waals surface area (Å²) in [7, 11) is -3.69. The van der Waals surface area contributed by atoms with Gasteiger partial charge in [-0.1, -0.05) is 20.8 Å². The second kappa shape index (κ2) is 10.2. The van der Waals surface area contributed by atoms with Crippen LogP contribution in [0, 0.1) is 5.92 Å². The van der Waals surface area contributed by atoms with E-state index in [-0.39, 0.29) is 10.8 Å². The fourth-order valence-corrected chi connectivity index (χ4v) is 5.16. The van der Waals surface area contributed by atoms with E-state index in [4.69, 9.17) is 4.74 Å². The van der Waals surface area contributed by atoms with Crippen molar-refractivity contribution in [3.8, 4) is 5.75 Å². The van der Waals surface area contributed by atoms with Crippen molar-refractivity contribution in [1.29, 1.82) is 0 Å². The first kappa shape index (κ1) is 22.6. The molecule has 0 aromatic heterocycles. The van der Waals surface area contributed by atoms with Gasteiger partial charge in [0.2, 0.25) is 10.0 Å². The number of sulfonamides is 1. The predicted octanol–water partition coefficient (Wildman–Crippen LogP) is 1.37. The van der Waals surface area contributed by atoms with Crippen LogP contribution < -0.4 is 15.0 Å². The lowest BCUT2D eigenvalue weighted by molar-refractivity contribution is -0.897. The molecular weight excluding hydrogens is 378 g/mol. The smallest absolute Gasteiger partial charge is 0.279 e. The highest BCUT2D eigenvalue weighted by molar-refractivity contribution is 7.89. The molecule has 0 radical (unpaired) electrons. The van der Waals surface area contributed by atoms with E-state index in [1.807, 2.05) is 6.92 Å². The number of anilines is 1. The minimum atomic E-state index is -3.69. The maximum Gasteiger partial charge on any atom is 0.279 e. The lowest BCUT2D eigenvalue weighted by Crippen LogP contribution is -3.14. The van der Waals surface area contributed by atoms with Crippen LogP contribution in [0.5, 0.6) is 5.75 Å². The third-order valence-electron chi connectivity index (χ3n) is 5.24. The van der Waals surface area contributed by atoms with Crippen LogP contribution in [-0.2, 0) is 14.8 Å². The monoisotopic (exact) mass is 412 g/mol. The van der Waals surface area contributed by atoms with Gasteiger partial charge in [0.25, 0.3) is 5.91 Å². The SMILES string of the molecule is CCOc1ccc(NC(=O)C[NH+]2CCC(C)CC2)cc1S(=O)(=O)N(CC)CC. The van der Waals surface area contributed by atoms with Crippen LogP contribution in [0.15, 0.2) is 23.1 Å². The first-order valence-electron chi connectivity index (χ1n) is 10.2. The van der Waals surface area contributed by atoms with Crippen molar-refractivity contribution in [2.75, 3.05) is 44.6 Å². The number of nitrogens with zero attached hydrogens (tertiary/aromatic N) is 1. The molecule has 0 aliphatic carbocycles. The van der Waals surface area contributed by atoms with Gasteiger partial charge >= 0.3 is 0 Å². The fraction of sp³-hybridized carbons (Fsp3) is 0.650. The fourth-order valence-electron chi connectivity index (χ4n) is 3.54. The zero-order chi connectivity index (χ0) is 20.7. The average molecular weight is 413 g/mol. The number of piperidine rings is 1. The van der Waals surface area contributed by atoms with Crippen molar-refractivity contribution in [3.63, 3.8) is 0 Å². The summed E-state index contributed by atoms with van der Waals surface area (Å²) in [5.74, 6) is 0.939. The maximum absolute atomic E-state index is 13.0. The molecule has 1 saturated heterocycles. The van der Waals surface area contributed by atoms with Gasteiger partial charge < -0.3 is 15.0 Å². The molecule has 0 bridgehead atoms. The van der Waals surface area contributed by atoms with Crippen LogP contribution in [0.3, 0.4) is 0 Å². The number of amides is 1. The van der Waals surface area contributed by atoms with Crippen LogP contribution in [0.2, 0.25) is 0 Å². The molecule has 0 atom stereocenters. The normalized spacial score (nSPS) is 20.2. The first-order chi connectivity index (χ1) is 13.3. The summed E-state index contributed by atoms with van der Waals surface area (Å²) in [6, 6.07) is 4.81. The van der Waals surface area contributed by atoms with Crippen molar-refractivity contribution < 1.29 is 22.8 Å². The third kappa shape index (κ3) is 5.68. The number of hydrogen-bond acceptors (Lipinski definition) is 4. The standard InChI is InChI=1S/C20H33N3O4S/c1-5-23(6-2)28(25,26)19-14-17(8-9-18(19)27-7-3)21-20(24)15-22-12-10-16(4)11-13-22/h8-9,14,16H,5-7,10-13,15H2,1-4H3,(H,21,24)/p+1. The summed E-state index contributed by atoms with van der Waals surface area (Å²) < 4.78 is 32.9. The Kier molecular flexibility index (Phi) is 8.27. The topological polar surface area (TPSA) is 80.1 Å². The highest BCUT2D eigenvalue weighted by Crippen LogP contribution is 2.30. The summed E-state index contributed by atoms with van der Waals surface area (Å²) in [6.07, 6.45) is 2.27. The minimum Gasteiger partial charge on any atom is -0.492 e. The highest BCUT2D eigenvalue weighted by atomic mass is 32.2. The lowest BCUT2D eigenvalue weighted by Gasteiger charge is -2.26. The lowest BCUT2D eigenvalue weighted by atomic mass is 9.99. The van der Waals surface area contributed by atoms with E-state index in [0.717, 1.165) is 31.8 Å². The molecule has 1 aromatic carbocycles. The van der Waals surface area contributed by atoms with Gasteiger partial charge in [0.05, 0.1) is 19.7 Å². The summed E-state index contributed by atoms with van der Waals surface area (Å²) in [5, 5.41) is 2.86. The molecule has 7 nitrogen and oxygen atoms in total. The first-order valence-corrected chi connectivity index (χ1v) is 11.7. The van der Waals surface area contributed by atoms with E-state index in [1.54, 1.807) is 26.0 Å². The van der Waals surface area contributed by atoms with Crippen LogP contribution in [0.1, 0.15) is 40.5 Å². The summed E-state index contributed by atoms with van der Waals surface area (Å²) in [5.41, 5.74) is 0.476. The molecule has 1 heterocycles. The Bertz CT molecular complexity index is 755. The maximum atomic E-state index is 13.0. The van der Waals surface area contributed by atoms with Gasteiger partial charge in [0.1, 0.15) is 10.6 Å². The second-order valence-corrected chi connectivity index (χ2v) is 9.25. The van der Waals surface area contributed by atoms with E-state index in [0.29, 0.717) is 37.7 Å². The Labute approximate surface area is 169 Å². The Morgan fingerprint density at radius 1 is 1.21 bits per heavy atom. The largest absolute Gasteiger partial charge is 0.492 e. The molecular formula is C20H34N3O4S+. The molecule has 28 heavy (non-hydrogen) atoms. The van der Waals surface area contributed by atoms with E-state index in [1.165, 1.54) is 15.3 Å². The molecule has 1 aromatic rings. The van der Waals surface area contributed by atoms with E-state index >= 15 is 0 Å². The molecule has 2 N–H and O–H groups in total. The highest BCUT2D eigenvalue weighted by Gasteiger charge is 2.27. The molecule has 8 heteroatoms. The number of likely N-dealkylation sites (tertiary alicyclic amines) is 1. The van der Waals surface area contributed by atoms with Crippen molar-refractivity contribution >= 4 is 21.6 Å². The Morgan fingerprint density at radius 2 is 1.86 bits per heavy atom. The van der Waals surface area contributed by atoms with Crippen LogP contribution in [-0.4, -0.2) is 58.0 Å². The van der Waals surface area contributed by atoms with E-state index < -0.39 is 10.0 Å². The van der Waals surface area contributed by atoms with Gasteiger partial charge in [-0.15, -0.1) is 0 Å². The third-order valence-corrected chi connectivity index (χ3v) is 7.31. The number of carbonyl (C=O) groups is 1. The van der Waals surface area contributed by atoms with Gasteiger partial charge in [-0.25, -0.2) is 8.42 Å². The Morgan fingerprint density at radius 3 is 2.43 bits per heavy atom. The summed E-state index contributed by atoms with van der Waals surface area (Å²) in [4.78, 5) is 13.8. The quantitative estimate of drug-likeness (QED) is 0.642. The molecule has 2 rings (SSSR count). The Balaban J connectivity index is 2.18. The molecule has 1 aliphatic rings. The Hall–Kier alpha value is -1.64. The predicted molar refractivity (Wildman–Crippen MR) is 110 cm³/mol. The zero-order valence-electron chi connectivity index (χ0n) is 17.5. The number of nitrogens with one attached hydrogen (secondary N) is 2.